The standard InChI is InChI=1S/C15H28N2O5S/c1-9(2)11(17-14(20)22-15(3,4)5)12(18)16-10(8-23-7)13(19)21-6/h9-11H,8H2,1-7H3,(H,16,18)(H,17,20)/t10-,11-/m0/s1/i7D3. The maximum atomic E-state index is 12.5. The van der Waals surface area contributed by atoms with Crippen molar-refractivity contribution in [1.82, 2.24) is 10.6 Å². The van der Waals surface area contributed by atoms with Crippen molar-refractivity contribution in [1.29, 1.82) is 0 Å². The Bertz CT molecular complexity index is 506. The number of hydrogen-bond donors (Lipinski definition) is 2. The highest BCUT2D eigenvalue weighted by molar-refractivity contribution is 7.98. The normalized spacial score (nSPS) is 16.4. The molecule has 0 aromatic carbocycles. The molecule has 2 amide bonds. The van der Waals surface area contributed by atoms with Crippen LogP contribution in [0.5, 0.6) is 0 Å². The lowest BCUT2D eigenvalue weighted by atomic mass is 10.0. The fourth-order valence-electron chi connectivity index (χ4n) is 1.63. The van der Waals surface area contributed by atoms with Gasteiger partial charge < -0.3 is 20.1 Å². The lowest BCUT2D eigenvalue weighted by Crippen LogP contribution is -2.55. The number of hydrogen-bond acceptors (Lipinski definition) is 6. The molecule has 0 aromatic heterocycles. The summed E-state index contributed by atoms with van der Waals surface area (Å²) in [6.45, 7) is 8.50. The Kier molecular flexibility index (Phi) is 6.88. The maximum absolute atomic E-state index is 12.5. The van der Waals surface area contributed by atoms with Gasteiger partial charge in [-0.15, -0.1) is 0 Å². The highest BCUT2D eigenvalue weighted by atomic mass is 32.2. The predicted molar refractivity (Wildman–Crippen MR) is 90.3 cm³/mol. The molecule has 0 rings (SSSR count). The highest BCUT2D eigenvalue weighted by Gasteiger charge is 2.30. The average Bonchev–Trinajstić information content (AvgIpc) is 2.44. The summed E-state index contributed by atoms with van der Waals surface area (Å²) in [7, 11) is 1.14. The zero-order valence-electron chi connectivity index (χ0n) is 17.4. The summed E-state index contributed by atoms with van der Waals surface area (Å²) in [5.41, 5.74) is -0.729. The van der Waals surface area contributed by atoms with Gasteiger partial charge in [-0.05, 0) is 32.9 Å². The van der Waals surface area contributed by atoms with Gasteiger partial charge in [0, 0.05) is 9.87 Å². The van der Waals surface area contributed by atoms with Crippen molar-refractivity contribution in [2.24, 2.45) is 5.92 Å². The molecule has 0 radical (unpaired) electrons. The lowest BCUT2D eigenvalue weighted by molar-refractivity contribution is -0.144. The molecule has 0 saturated carbocycles. The molecular formula is C15H28N2O5S. The quantitative estimate of drug-likeness (QED) is 0.676. The van der Waals surface area contributed by atoms with E-state index in [1.165, 1.54) is 0 Å². The molecule has 2 N–H and O–H groups in total. The van der Waals surface area contributed by atoms with E-state index >= 15 is 0 Å². The van der Waals surface area contributed by atoms with Crippen molar-refractivity contribution in [2.75, 3.05) is 19.0 Å². The van der Waals surface area contributed by atoms with E-state index in [1.54, 1.807) is 34.6 Å². The molecule has 0 spiro atoms. The van der Waals surface area contributed by atoms with E-state index in [9.17, 15) is 14.4 Å². The van der Waals surface area contributed by atoms with Gasteiger partial charge in [-0.3, -0.25) is 4.79 Å². The largest absolute Gasteiger partial charge is 0.467 e. The fourth-order valence-corrected chi connectivity index (χ4v) is 2.01. The van der Waals surface area contributed by atoms with Gasteiger partial charge in [0.1, 0.15) is 17.7 Å². The number of ether oxygens (including phenoxy) is 2. The van der Waals surface area contributed by atoms with E-state index in [4.69, 9.17) is 8.85 Å². The van der Waals surface area contributed by atoms with Crippen LogP contribution in [0.3, 0.4) is 0 Å². The third-order valence-corrected chi connectivity index (χ3v) is 3.17. The Labute approximate surface area is 146 Å². The Morgan fingerprint density at radius 1 is 1.22 bits per heavy atom. The van der Waals surface area contributed by atoms with E-state index in [0.29, 0.717) is 11.8 Å². The minimum absolute atomic E-state index is 0.188. The van der Waals surface area contributed by atoms with E-state index in [1.807, 2.05) is 0 Å². The third-order valence-electron chi connectivity index (χ3n) is 2.67. The zero-order chi connectivity index (χ0) is 20.7. The molecular weight excluding hydrogens is 320 g/mol. The summed E-state index contributed by atoms with van der Waals surface area (Å²) in [5.74, 6) is -1.88. The molecule has 0 saturated heterocycles. The molecule has 0 aliphatic heterocycles. The van der Waals surface area contributed by atoms with Gasteiger partial charge in [0.25, 0.3) is 0 Å². The molecule has 0 fully saturated rings. The summed E-state index contributed by atoms with van der Waals surface area (Å²) in [6, 6.07) is -2.12. The number of carbonyl (C=O) groups excluding carboxylic acids is 3. The van der Waals surface area contributed by atoms with Gasteiger partial charge in [-0.2, -0.15) is 11.8 Å². The van der Waals surface area contributed by atoms with Gasteiger partial charge in [-0.25, -0.2) is 9.59 Å². The summed E-state index contributed by atoms with van der Waals surface area (Å²) in [4.78, 5) is 36.3. The van der Waals surface area contributed by atoms with E-state index < -0.39 is 41.8 Å². The van der Waals surface area contributed by atoms with Crippen molar-refractivity contribution < 1.29 is 28.0 Å². The Morgan fingerprint density at radius 3 is 2.26 bits per heavy atom. The molecule has 7 nitrogen and oxygen atoms in total. The molecule has 23 heavy (non-hydrogen) atoms. The maximum Gasteiger partial charge on any atom is 0.408 e. The number of nitrogens with one attached hydrogen (secondary N) is 2. The van der Waals surface area contributed by atoms with Crippen molar-refractivity contribution in [3.05, 3.63) is 0 Å². The molecule has 2 atom stereocenters. The van der Waals surface area contributed by atoms with Gasteiger partial charge in [0.15, 0.2) is 0 Å². The van der Waals surface area contributed by atoms with Crippen molar-refractivity contribution in [3.63, 3.8) is 0 Å². The fraction of sp³-hybridized carbons (Fsp3) is 0.800. The van der Waals surface area contributed by atoms with Crippen LogP contribution in [0.2, 0.25) is 0 Å². The van der Waals surface area contributed by atoms with Crippen LogP contribution < -0.4 is 10.6 Å². The minimum atomic E-state index is -2.32. The molecule has 0 aromatic rings. The molecule has 134 valence electrons. The molecule has 0 unspecified atom stereocenters. The van der Waals surface area contributed by atoms with E-state index in [0.717, 1.165) is 7.11 Å². The topological polar surface area (TPSA) is 93.7 Å². The first-order chi connectivity index (χ1) is 11.7. The van der Waals surface area contributed by atoms with E-state index in [-0.39, 0.29) is 11.7 Å². The number of alkyl carbamates (subject to hydrolysis) is 1. The van der Waals surface area contributed by atoms with Crippen LogP contribution in [-0.4, -0.2) is 54.7 Å². The minimum Gasteiger partial charge on any atom is -0.467 e. The van der Waals surface area contributed by atoms with Crippen LogP contribution in [0, 0.1) is 5.92 Å². The molecule has 8 heteroatoms. The summed E-state index contributed by atoms with van der Waals surface area (Å²) >= 11 is 0.542. The monoisotopic (exact) mass is 351 g/mol. The SMILES string of the molecule is [2H]C([2H])([2H])SC[C@H](NC(=O)[C@@H](NC(=O)OC(C)(C)C)C(C)C)C(=O)OC. The smallest absolute Gasteiger partial charge is 0.408 e. The highest BCUT2D eigenvalue weighted by Crippen LogP contribution is 2.09. The number of rotatable bonds is 7. The van der Waals surface area contributed by atoms with Gasteiger partial charge >= 0.3 is 12.1 Å². The van der Waals surface area contributed by atoms with Gasteiger partial charge in [-0.1, -0.05) is 13.8 Å². The average molecular weight is 351 g/mol. The molecule has 0 aliphatic rings. The summed E-state index contributed by atoms with van der Waals surface area (Å²) < 4.78 is 31.3. The molecule has 0 bridgehead atoms. The van der Waals surface area contributed by atoms with Crippen LogP contribution in [0.4, 0.5) is 4.79 Å². The Morgan fingerprint density at radius 2 is 1.83 bits per heavy atom. The van der Waals surface area contributed by atoms with Gasteiger partial charge in [0.05, 0.1) is 7.11 Å². The van der Waals surface area contributed by atoms with Crippen molar-refractivity contribution in [3.8, 4) is 0 Å². The number of thioether (sulfide) groups is 1. The van der Waals surface area contributed by atoms with Gasteiger partial charge in [0.2, 0.25) is 5.91 Å². The Hall–Kier alpha value is -1.44. The van der Waals surface area contributed by atoms with Crippen LogP contribution in [0.25, 0.3) is 0 Å². The molecule has 0 heterocycles. The number of amides is 2. The van der Waals surface area contributed by atoms with Crippen LogP contribution in [0.1, 0.15) is 38.7 Å². The second-order valence-electron chi connectivity index (χ2n) is 6.26. The zero-order valence-corrected chi connectivity index (χ0v) is 15.2. The first-order valence-electron chi connectivity index (χ1n) is 8.68. The lowest BCUT2D eigenvalue weighted by Gasteiger charge is -2.26. The first-order valence-corrected chi connectivity index (χ1v) is 8.16. The second-order valence-corrected chi connectivity index (χ2v) is 6.89. The number of esters is 1. The van der Waals surface area contributed by atoms with Crippen molar-refractivity contribution >= 4 is 29.7 Å². The third kappa shape index (κ3) is 8.68. The second kappa shape index (κ2) is 9.64. The van der Waals surface area contributed by atoms with Crippen molar-refractivity contribution in [2.45, 2.75) is 52.3 Å². The molecule has 0 aliphatic carbocycles. The van der Waals surface area contributed by atoms with Crippen LogP contribution >= 0.6 is 11.8 Å². The first kappa shape index (κ1) is 16.4. The summed E-state index contributed by atoms with van der Waals surface area (Å²) in [5, 5.41) is 4.90. The summed E-state index contributed by atoms with van der Waals surface area (Å²) in [6.07, 6.45) is -3.08. The van der Waals surface area contributed by atoms with E-state index in [2.05, 4.69) is 15.4 Å². The van der Waals surface area contributed by atoms with Crippen LogP contribution in [0.15, 0.2) is 0 Å². The predicted octanol–water partition coefficient (Wildman–Crippen LogP) is 1.56. The number of methoxy groups -OCH3 is 1. The number of carbonyl (C=O) groups is 3. The Balaban J connectivity index is 5.07. The van der Waals surface area contributed by atoms with Crippen LogP contribution in [-0.2, 0) is 19.1 Å².